The Hall–Kier alpha value is -1.06. The fourth-order valence-electron chi connectivity index (χ4n) is 1.24. The SMILES string of the molecule is CC(C)(C)c1cnccc1C(F)(F)F. The second-order valence-corrected chi connectivity index (χ2v) is 4.17. The summed E-state index contributed by atoms with van der Waals surface area (Å²) in [6, 6.07) is 1.01. The number of aromatic nitrogens is 1. The van der Waals surface area contributed by atoms with Crippen molar-refractivity contribution in [2.24, 2.45) is 0 Å². The van der Waals surface area contributed by atoms with Crippen molar-refractivity contribution in [2.75, 3.05) is 0 Å². The highest BCUT2D eigenvalue weighted by molar-refractivity contribution is 5.31. The molecule has 0 saturated heterocycles. The Bertz CT molecular complexity index is 290. The van der Waals surface area contributed by atoms with Crippen LogP contribution in [0.25, 0.3) is 0 Å². The quantitative estimate of drug-likeness (QED) is 0.629. The van der Waals surface area contributed by atoms with Crippen molar-refractivity contribution in [3.8, 4) is 0 Å². The molecule has 0 bridgehead atoms. The lowest BCUT2D eigenvalue weighted by Crippen LogP contribution is -2.19. The normalized spacial score (nSPS) is 13.0. The predicted molar refractivity (Wildman–Crippen MR) is 47.9 cm³/mol. The van der Waals surface area contributed by atoms with E-state index < -0.39 is 17.2 Å². The van der Waals surface area contributed by atoms with Crippen molar-refractivity contribution in [1.82, 2.24) is 4.98 Å². The van der Waals surface area contributed by atoms with Gasteiger partial charge in [0.05, 0.1) is 5.56 Å². The summed E-state index contributed by atoms with van der Waals surface area (Å²) in [5, 5.41) is 0. The van der Waals surface area contributed by atoms with Crippen molar-refractivity contribution in [3.63, 3.8) is 0 Å². The minimum atomic E-state index is -4.30. The first kappa shape index (κ1) is 11.0. The molecule has 1 aromatic rings. The molecule has 1 nitrogen and oxygen atoms in total. The average Bonchev–Trinajstić information content (AvgIpc) is 2.01. The van der Waals surface area contributed by atoms with Gasteiger partial charge in [-0.3, -0.25) is 4.98 Å². The fraction of sp³-hybridized carbons (Fsp3) is 0.500. The molecule has 0 atom stereocenters. The molecule has 78 valence electrons. The molecule has 1 heterocycles. The van der Waals surface area contributed by atoms with Crippen LogP contribution in [-0.2, 0) is 11.6 Å². The largest absolute Gasteiger partial charge is 0.416 e. The van der Waals surface area contributed by atoms with Gasteiger partial charge in [-0.15, -0.1) is 0 Å². The lowest BCUT2D eigenvalue weighted by Gasteiger charge is -2.23. The monoisotopic (exact) mass is 203 g/mol. The topological polar surface area (TPSA) is 12.9 Å². The molecule has 0 amide bonds. The summed E-state index contributed by atoms with van der Waals surface area (Å²) in [5.74, 6) is 0. The van der Waals surface area contributed by atoms with Crippen LogP contribution in [0, 0.1) is 0 Å². The smallest absolute Gasteiger partial charge is 0.264 e. The highest BCUT2D eigenvalue weighted by atomic mass is 19.4. The Kier molecular flexibility index (Phi) is 2.56. The Morgan fingerprint density at radius 3 is 2.00 bits per heavy atom. The molecule has 0 N–H and O–H groups in total. The summed E-state index contributed by atoms with van der Waals surface area (Å²) < 4.78 is 37.7. The first-order valence-corrected chi connectivity index (χ1v) is 4.24. The summed E-state index contributed by atoms with van der Waals surface area (Å²) in [7, 11) is 0. The van der Waals surface area contributed by atoms with Gasteiger partial charge < -0.3 is 0 Å². The summed E-state index contributed by atoms with van der Waals surface area (Å²) in [5.41, 5.74) is -0.911. The van der Waals surface area contributed by atoms with Gasteiger partial charge >= 0.3 is 6.18 Å². The van der Waals surface area contributed by atoms with Gasteiger partial charge in [0.2, 0.25) is 0 Å². The number of hydrogen-bond donors (Lipinski definition) is 0. The minimum absolute atomic E-state index is 0.229. The number of rotatable bonds is 0. The van der Waals surface area contributed by atoms with Gasteiger partial charge in [0.25, 0.3) is 0 Å². The third-order valence-corrected chi connectivity index (χ3v) is 1.93. The zero-order chi connectivity index (χ0) is 11.0. The Labute approximate surface area is 81.0 Å². The molecule has 4 heteroatoms. The van der Waals surface area contributed by atoms with Crippen LogP contribution in [0.15, 0.2) is 18.5 Å². The van der Waals surface area contributed by atoms with Crippen molar-refractivity contribution in [2.45, 2.75) is 32.4 Å². The lowest BCUT2D eigenvalue weighted by atomic mass is 9.85. The van der Waals surface area contributed by atoms with Gasteiger partial charge in [0.1, 0.15) is 0 Å². The zero-order valence-corrected chi connectivity index (χ0v) is 8.31. The van der Waals surface area contributed by atoms with Crippen molar-refractivity contribution < 1.29 is 13.2 Å². The molecule has 14 heavy (non-hydrogen) atoms. The van der Waals surface area contributed by atoms with Gasteiger partial charge in [-0.2, -0.15) is 13.2 Å². The van der Waals surface area contributed by atoms with E-state index in [0.29, 0.717) is 0 Å². The van der Waals surface area contributed by atoms with E-state index in [4.69, 9.17) is 0 Å². The van der Waals surface area contributed by atoms with Crippen LogP contribution in [0.2, 0.25) is 0 Å². The van der Waals surface area contributed by atoms with E-state index in [1.807, 2.05) is 0 Å². The predicted octanol–water partition coefficient (Wildman–Crippen LogP) is 3.40. The number of alkyl halides is 3. The summed E-state index contributed by atoms with van der Waals surface area (Å²) in [6.07, 6.45) is -1.85. The van der Waals surface area contributed by atoms with E-state index in [-0.39, 0.29) is 5.56 Å². The van der Waals surface area contributed by atoms with E-state index in [1.165, 1.54) is 6.20 Å². The lowest BCUT2D eigenvalue weighted by molar-refractivity contribution is -0.138. The summed E-state index contributed by atoms with van der Waals surface area (Å²) in [6.45, 7) is 5.21. The zero-order valence-electron chi connectivity index (χ0n) is 8.31. The van der Waals surface area contributed by atoms with Crippen LogP contribution >= 0.6 is 0 Å². The standard InChI is InChI=1S/C10H12F3N/c1-9(2,3)8-6-14-5-4-7(8)10(11,12)13/h4-6H,1-3H3. The van der Waals surface area contributed by atoms with Crippen LogP contribution in [0.4, 0.5) is 13.2 Å². The van der Waals surface area contributed by atoms with Crippen LogP contribution < -0.4 is 0 Å². The molecule has 0 radical (unpaired) electrons. The van der Waals surface area contributed by atoms with E-state index in [0.717, 1.165) is 12.3 Å². The molecule has 1 rings (SSSR count). The molecule has 0 fully saturated rings. The molecule has 0 unspecified atom stereocenters. The molecule has 0 aliphatic carbocycles. The van der Waals surface area contributed by atoms with Crippen LogP contribution in [0.5, 0.6) is 0 Å². The average molecular weight is 203 g/mol. The van der Waals surface area contributed by atoms with Gasteiger partial charge in [-0.25, -0.2) is 0 Å². The highest BCUT2D eigenvalue weighted by Gasteiger charge is 2.36. The third-order valence-electron chi connectivity index (χ3n) is 1.93. The molecular weight excluding hydrogens is 191 g/mol. The summed E-state index contributed by atoms with van der Waals surface area (Å²) in [4.78, 5) is 3.73. The van der Waals surface area contributed by atoms with E-state index >= 15 is 0 Å². The minimum Gasteiger partial charge on any atom is -0.264 e. The van der Waals surface area contributed by atoms with Gasteiger partial charge in [0.15, 0.2) is 0 Å². The maximum Gasteiger partial charge on any atom is 0.416 e. The van der Waals surface area contributed by atoms with Crippen molar-refractivity contribution in [1.29, 1.82) is 0 Å². The van der Waals surface area contributed by atoms with Gasteiger partial charge in [-0.05, 0) is 17.0 Å². The molecule has 0 aliphatic heterocycles. The molecule has 0 aliphatic rings. The second kappa shape index (κ2) is 3.26. The molecule has 0 spiro atoms. The van der Waals surface area contributed by atoms with Crippen LogP contribution in [-0.4, -0.2) is 4.98 Å². The molecular formula is C10H12F3N. The first-order chi connectivity index (χ1) is 6.23. The Morgan fingerprint density at radius 2 is 1.64 bits per heavy atom. The molecule has 0 aromatic carbocycles. The van der Waals surface area contributed by atoms with Crippen LogP contribution in [0.1, 0.15) is 31.9 Å². The van der Waals surface area contributed by atoms with E-state index in [9.17, 15) is 13.2 Å². The maximum absolute atomic E-state index is 12.6. The van der Waals surface area contributed by atoms with E-state index in [2.05, 4.69) is 4.98 Å². The fourth-order valence-corrected chi connectivity index (χ4v) is 1.24. The third kappa shape index (κ3) is 2.25. The van der Waals surface area contributed by atoms with Gasteiger partial charge in [-0.1, -0.05) is 20.8 Å². The number of pyridine rings is 1. The Morgan fingerprint density at radius 1 is 1.07 bits per heavy atom. The number of nitrogens with zero attached hydrogens (tertiary/aromatic N) is 1. The number of hydrogen-bond acceptors (Lipinski definition) is 1. The Balaban J connectivity index is 3.31. The maximum atomic E-state index is 12.6. The highest BCUT2D eigenvalue weighted by Crippen LogP contribution is 2.36. The molecule has 0 saturated carbocycles. The van der Waals surface area contributed by atoms with Crippen LogP contribution in [0.3, 0.4) is 0 Å². The van der Waals surface area contributed by atoms with Gasteiger partial charge in [0, 0.05) is 12.4 Å². The number of halogens is 3. The second-order valence-electron chi connectivity index (χ2n) is 4.17. The van der Waals surface area contributed by atoms with E-state index in [1.54, 1.807) is 20.8 Å². The first-order valence-electron chi connectivity index (χ1n) is 4.24. The molecule has 1 aromatic heterocycles. The van der Waals surface area contributed by atoms with Crippen molar-refractivity contribution in [3.05, 3.63) is 29.6 Å². The van der Waals surface area contributed by atoms with Crippen molar-refractivity contribution >= 4 is 0 Å². The summed E-state index contributed by atoms with van der Waals surface area (Å²) >= 11 is 0.